The second-order valence-corrected chi connectivity index (χ2v) is 31.1. The Morgan fingerprint density at radius 3 is 0.708 bits per heavy atom. The molecule has 0 spiro atoms. The Labute approximate surface area is 588 Å². The largest absolute Gasteiger partial charge is 0.472 e. The summed E-state index contributed by atoms with van der Waals surface area (Å²) >= 11 is 0. The lowest BCUT2D eigenvalue weighted by atomic mass is 10.0. The fraction of sp³-hybridized carbons (Fsp3) is 0.948. The molecule has 19 heteroatoms. The molecule has 0 aliphatic carbocycles. The molecule has 0 radical (unpaired) electrons. The summed E-state index contributed by atoms with van der Waals surface area (Å²) in [6.45, 7) is 7.27. The number of rotatable bonds is 77. The first-order valence-corrected chi connectivity index (χ1v) is 43.1. The van der Waals surface area contributed by atoms with Gasteiger partial charge < -0.3 is 33.8 Å². The van der Waals surface area contributed by atoms with Gasteiger partial charge in [0, 0.05) is 25.7 Å². The van der Waals surface area contributed by atoms with Crippen LogP contribution in [-0.2, 0) is 65.4 Å². The van der Waals surface area contributed by atoms with E-state index in [0.29, 0.717) is 25.7 Å². The zero-order chi connectivity index (χ0) is 70.5. The molecule has 0 saturated heterocycles. The topological polar surface area (TPSA) is 237 Å². The Morgan fingerprint density at radius 1 is 0.281 bits per heavy atom. The van der Waals surface area contributed by atoms with Crippen molar-refractivity contribution in [2.75, 3.05) is 39.6 Å². The molecule has 0 heterocycles. The normalized spacial score (nSPS) is 13.9. The fourth-order valence-electron chi connectivity index (χ4n) is 11.9. The van der Waals surface area contributed by atoms with E-state index in [1.807, 2.05) is 0 Å². The molecule has 0 amide bonds. The van der Waals surface area contributed by atoms with E-state index >= 15 is 0 Å². The number of unbranched alkanes of at least 4 members (excludes halogenated alkanes) is 49. The van der Waals surface area contributed by atoms with Gasteiger partial charge in [-0.3, -0.25) is 37.3 Å². The van der Waals surface area contributed by atoms with E-state index in [0.717, 1.165) is 109 Å². The molecule has 0 aromatic heterocycles. The van der Waals surface area contributed by atoms with Crippen LogP contribution in [0.2, 0.25) is 0 Å². The highest BCUT2D eigenvalue weighted by atomic mass is 31.2. The summed E-state index contributed by atoms with van der Waals surface area (Å²) in [5, 5.41) is 10.6. The van der Waals surface area contributed by atoms with Crippen LogP contribution in [0.3, 0.4) is 0 Å². The summed E-state index contributed by atoms with van der Waals surface area (Å²) in [5.41, 5.74) is 0. The zero-order valence-corrected chi connectivity index (χ0v) is 64.3. The standard InChI is InChI=1S/C77H150O17P2/c1-6-9-12-15-18-21-22-23-24-25-26-30-33-36-39-42-47-51-56-61-75(80)88-67-73(94-77(82)63-58-53-48-43-40-37-34-31-28-27-29-32-35-38-41-44-49-54-59-70(4)5)69-92-96(85,86)90-65-71(78)64-89-95(83,84)91-68-72(93-76(81)62-57-52-46-20-17-14-11-8-3)66-87-74(79)60-55-50-45-19-16-13-10-7-2/h70-73,78H,6-69H2,1-5H3,(H,83,84)(H,85,86)/t71-,72+,73+/m0/s1. The van der Waals surface area contributed by atoms with Crippen molar-refractivity contribution in [3.63, 3.8) is 0 Å². The maximum absolute atomic E-state index is 13.1. The van der Waals surface area contributed by atoms with E-state index in [1.54, 1.807) is 0 Å². The first-order valence-electron chi connectivity index (χ1n) is 40.1. The van der Waals surface area contributed by atoms with Gasteiger partial charge >= 0.3 is 39.5 Å². The molecule has 5 atom stereocenters. The number of aliphatic hydroxyl groups is 1. The minimum absolute atomic E-state index is 0.105. The maximum Gasteiger partial charge on any atom is 0.472 e. The lowest BCUT2D eigenvalue weighted by molar-refractivity contribution is -0.161. The van der Waals surface area contributed by atoms with E-state index < -0.39 is 97.5 Å². The molecule has 3 N–H and O–H groups in total. The highest BCUT2D eigenvalue weighted by molar-refractivity contribution is 7.47. The van der Waals surface area contributed by atoms with Crippen molar-refractivity contribution in [2.45, 2.75) is 425 Å². The minimum atomic E-state index is -4.96. The van der Waals surface area contributed by atoms with Crippen LogP contribution in [-0.4, -0.2) is 96.7 Å². The van der Waals surface area contributed by atoms with E-state index in [2.05, 4.69) is 34.6 Å². The number of hydrogen-bond acceptors (Lipinski definition) is 15. The molecule has 96 heavy (non-hydrogen) atoms. The number of hydrogen-bond donors (Lipinski definition) is 3. The van der Waals surface area contributed by atoms with Gasteiger partial charge in [-0.1, -0.05) is 356 Å². The number of carbonyl (C=O) groups is 4. The average molecular weight is 1410 g/mol. The van der Waals surface area contributed by atoms with Gasteiger partial charge in [0.2, 0.25) is 0 Å². The highest BCUT2D eigenvalue weighted by Gasteiger charge is 2.30. The van der Waals surface area contributed by atoms with Crippen LogP contribution in [0, 0.1) is 5.92 Å². The third-order valence-corrected chi connectivity index (χ3v) is 19.9. The third-order valence-electron chi connectivity index (χ3n) is 18.0. The predicted octanol–water partition coefficient (Wildman–Crippen LogP) is 22.9. The monoisotopic (exact) mass is 1410 g/mol. The number of esters is 4. The summed E-state index contributed by atoms with van der Waals surface area (Å²) in [5.74, 6) is -1.30. The summed E-state index contributed by atoms with van der Waals surface area (Å²) in [6.07, 6.45) is 60.0. The van der Waals surface area contributed by atoms with Gasteiger partial charge in [-0.15, -0.1) is 0 Å². The van der Waals surface area contributed by atoms with Gasteiger partial charge in [0.1, 0.15) is 19.3 Å². The minimum Gasteiger partial charge on any atom is -0.462 e. The molecule has 0 aliphatic heterocycles. The van der Waals surface area contributed by atoms with Crippen LogP contribution >= 0.6 is 15.6 Å². The van der Waals surface area contributed by atoms with Crippen molar-refractivity contribution in [3.8, 4) is 0 Å². The van der Waals surface area contributed by atoms with Crippen molar-refractivity contribution in [3.05, 3.63) is 0 Å². The third kappa shape index (κ3) is 70.5. The molecule has 570 valence electrons. The molecule has 0 bridgehead atoms. The van der Waals surface area contributed by atoms with Gasteiger partial charge in [-0.2, -0.15) is 0 Å². The van der Waals surface area contributed by atoms with Crippen LogP contribution in [0.1, 0.15) is 407 Å². The first-order chi connectivity index (χ1) is 46.5. The van der Waals surface area contributed by atoms with E-state index in [-0.39, 0.29) is 25.7 Å². The van der Waals surface area contributed by atoms with Crippen molar-refractivity contribution in [1.29, 1.82) is 0 Å². The Hall–Kier alpha value is -1.94. The van der Waals surface area contributed by atoms with Gasteiger partial charge in [0.15, 0.2) is 12.2 Å². The fourth-order valence-corrected chi connectivity index (χ4v) is 13.5. The van der Waals surface area contributed by atoms with Crippen molar-refractivity contribution in [1.82, 2.24) is 0 Å². The van der Waals surface area contributed by atoms with E-state index in [1.165, 1.54) is 218 Å². The van der Waals surface area contributed by atoms with Crippen LogP contribution in [0.4, 0.5) is 0 Å². The molecular weight excluding hydrogens is 1260 g/mol. The average Bonchev–Trinajstić information content (AvgIpc) is 1.38. The van der Waals surface area contributed by atoms with Gasteiger partial charge in [-0.25, -0.2) is 9.13 Å². The number of carbonyl (C=O) groups excluding carboxylic acids is 4. The van der Waals surface area contributed by atoms with E-state index in [9.17, 15) is 43.2 Å². The van der Waals surface area contributed by atoms with Gasteiger partial charge in [0.05, 0.1) is 26.4 Å². The molecule has 0 aromatic carbocycles. The lowest BCUT2D eigenvalue weighted by Gasteiger charge is -2.21. The molecule has 0 aromatic rings. The number of ether oxygens (including phenoxy) is 4. The quantitative estimate of drug-likeness (QED) is 0.0222. The van der Waals surface area contributed by atoms with Crippen molar-refractivity contribution in [2.24, 2.45) is 5.92 Å². The Balaban J connectivity index is 5.13. The molecule has 17 nitrogen and oxygen atoms in total. The summed E-state index contributed by atoms with van der Waals surface area (Å²) in [4.78, 5) is 72.6. The Kier molecular flexibility index (Phi) is 68.7. The number of aliphatic hydroxyl groups excluding tert-OH is 1. The SMILES string of the molecule is CCCCCCCCCCCCCCCCCCCCCC(=O)OC[C@H](COP(=O)(O)OC[C@@H](O)COP(=O)(O)OC[C@@H](COC(=O)CCCCCCCCCC)OC(=O)CCCCCCCCCC)OC(=O)CCCCCCCCCCCCCCCCCCCCC(C)C. The van der Waals surface area contributed by atoms with Crippen molar-refractivity contribution < 1.29 is 80.2 Å². The lowest BCUT2D eigenvalue weighted by Crippen LogP contribution is -2.30. The van der Waals surface area contributed by atoms with Gasteiger partial charge in [0.25, 0.3) is 0 Å². The van der Waals surface area contributed by atoms with Crippen molar-refractivity contribution >= 4 is 39.5 Å². The molecule has 0 fully saturated rings. The second-order valence-electron chi connectivity index (χ2n) is 28.2. The maximum atomic E-state index is 13.1. The first kappa shape index (κ1) is 94.1. The van der Waals surface area contributed by atoms with Gasteiger partial charge in [-0.05, 0) is 31.6 Å². The number of phosphoric acid groups is 2. The molecule has 2 unspecified atom stereocenters. The Bertz CT molecular complexity index is 1840. The summed E-state index contributed by atoms with van der Waals surface area (Å²) in [7, 11) is -9.90. The summed E-state index contributed by atoms with van der Waals surface area (Å²) in [6, 6.07) is 0. The van der Waals surface area contributed by atoms with Crippen LogP contribution in [0.25, 0.3) is 0 Å². The molecule has 0 aliphatic rings. The summed E-state index contributed by atoms with van der Waals surface area (Å²) < 4.78 is 68.3. The molecular formula is C77H150O17P2. The van der Waals surface area contributed by atoms with Crippen LogP contribution < -0.4 is 0 Å². The van der Waals surface area contributed by atoms with Crippen LogP contribution in [0.15, 0.2) is 0 Å². The zero-order valence-electron chi connectivity index (χ0n) is 62.5. The predicted molar refractivity (Wildman–Crippen MR) is 391 cm³/mol. The van der Waals surface area contributed by atoms with Crippen LogP contribution in [0.5, 0.6) is 0 Å². The highest BCUT2D eigenvalue weighted by Crippen LogP contribution is 2.45. The number of phosphoric ester groups is 2. The molecule has 0 rings (SSSR count). The second kappa shape index (κ2) is 70.1. The Morgan fingerprint density at radius 2 is 0.479 bits per heavy atom. The van der Waals surface area contributed by atoms with E-state index in [4.69, 9.17) is 37.0 Å². The molecule has 0 saturated carbocycles. The smallest absolute Gasteiger partial charge is 0.462 e.